The molecule has 1 aromatic heterocycles. The van der Waals surface area contributed by atoms with Crippen molar-refractivity contribution >= 4 is 23.4 Å². The molecule has 1 aromatic carbocycles. The quantitative estimate of drug-likeness (QED) is 0.609. The predicted molar refractivity (Wildman–Crippen MR) is 118 cm³/mol. The molecule has 0 bridgehead atoms. The molecule has 168 valence electrons. The zero-order valence-electron chi connectivity index (χ0n) is 18.1. The number of piperidine rings is 1. The van der Waals surface area contributed by atoms with Gasteiger partial charge in [0.15, 0.2) is 6.04 Å². The Hall–Kier alpha value is -2.52. The van der Waals surface area contributed by atoms with Gasteiger partial charge in [-0.1, -0.05) is 25.4 Å². The van der Waals surface area contributed by atoms with Gasteiger partial charge in [0.25, 0.3) is 0 Å². The van der Waals surface area contributed by atoms with Crippen molar-refractivity contribution in [2.24, 2.45) is 0 Å². The van der Waals surface area contributed by atoms with Crippen LogP contribution in [0.25, 0.3) is 11.4 Å². The first kappa shape index (κ1) is 23.1. The van der Waals surface area contributed by atoms with Gasteiger partial charge in [-0.25, -0.2) is 0 Å². The molecule has 1 aliphatic heterocycles. The summed E-state index contributed by atoms with van der Waals surface area (Å²) in [5, 5.41) is 19.2. The summed E-state index contributed by atoms with van der Waals surface area (Å²) in [4.78, 5) is 28.3. The van der Waals surface area contributed by atoms with Crippen LogP contribution in [-0.2, 0) is 9.59 Å². The summed E-state index contributed by atoms with van der Waals surface area (Å²) in [6.07, 6.45) is 3.10. The molecule has 0 radical (unpaired) electrons. The lowest BCUT2D eigenvalue weighted by Crippen LogP contribution is -2.48. The second kappa shape index (κ2) is 11.2. The number of carbonyl (C=O) groups is 2. The number of halogens is 1. The molecule has 9 nitrogen and oxygen atoms in total. The molecule has 31 heavy (non-hydrogen) atoms. The SMILES string of the molecule is CCCNC(=O)CN1CCC(NC(=O)C(CC)n2nnc(-c3ccc(Cl)cc3)n2)CC1. The van der Waals surface area contributed by atoms with Gasteiger partial charge in [0.2, 0.25) is 17.6 Å². The fourth-order valence-electron chi connectivity index (χ4n) is 3.58. The summed E-state index contributed by atoms with van der Waals surface area (Å²) >= 11 is 5.93. The Labute approximate surface area is 187 Å². The highest BCUT2D eigenvalue weighted by atomic mass is 35.5. The summed E-state index contributed by atoms with van der Waals surface area (Å²) in [5.41, 5.74) is 0.793. The van der Waals surface area contributed by atoms with E-state index in [2.05, 4.69) is 30.9 Å². The van der Waals surface area contributed by atoms with Crippen LogP contribution in [0.5, 0.6) is 0 Å². The van der Waals surface area contributed by atoms with Crippen LogP contribution in [-0.4, -0.2) is 69.1 Å². The van der Waals surface area contributed by atoms with Gasteiger partial charge in [-0.05, 0) is 55.2 Å². The number of nitrogens with one attached hydrogen (secondary N) is 2. The van der Waals surface area contributed by atoms with E-state index in [1.54, 1.807) is 12.1 Å². The normalized spacial score (nSPS) is 16.1. The highest BCUT2D eigenvalue weighted by Crippen LogP contribution is 2.19. The number of aromatic nitrogens is 4. The lowest BCUT2D eigenvalue weighted by Gasteiger charge is -2.32. The summed E-state index contributed by atoms with van der Waals surface area (Å²) in [6, 6.07) is 6.73. The monoisotopic (exact) mass is 447 g/mol. The zero-order valence-corrected chi connectivity index (χ0v) is 18.8. The second-order valence-electron chi connectivity index (χ2n) is 7.77. The minimum Gasteiger partial charge on any atom is -0.355 e. The van der Waals surface area contributed by atoms with Gasteiger partial charge in [-0.15, -0.1) is 10.2 Å². The number of benzene rings is 1. The molecule has 1 fully saturated rings. The van der Waals surface area contributed by atoms with Gasteiger partial charge in [-0.3, -0.25) is 14.5 Å². The first-order valence-electron chi connectivity index (χ1n) is 10.8. The molecule has 1 aliphatic rings. The third-order valence-corrected chi connectivity index (χ3v) is 5.62. The largest absolute Gasteiger partial charge is 0.355 e. The number of nitrogens with zero attached hydrogens (tertiary/aromatic N) is 5. The Morgan fingerprint density at radius 1 is 1.19 bits per heavy atom. The average molecular weight is 448 g/mol. The second-order valence-corrected chi connectivity index (χ2v) is 8.21. The summed E-state index contributed by atoms with van der Waals surface area (Å²) < 4.78 is 0. The average Bonchev–Trinajstić information content (AvgIpc) is 3.24. The highest BCUT2D eigenvalue weighted by molar-refractivity contribution is 6.30. The summed E-state index contributed by atoms with van der Waals surface area (Å²) in [6.45, 7) is 6.64. The van der Waals surface area contributed by atoms with E-state index in [1.165, 1.54) is 4.80 Å². The van der Waals surface area contributed by atoms with Crippen molar-refractivity contribution in [2.75, 3.05) is 26.2 Å². The van der Waals surface area contributed by atoms with E-state index in [0.29, 0.717) is 30.4 Å². The molecule has 2 amide bonds. The van der Waals surface area contributed by atoms with E-state index in [1.807, 2.05) is 26.0 Å². The Bertz CT molecular complexity index is 863. The van der Waals surface area contributed by atoms with Gasteiger partial charge in [0, 0.05) is 36.3 Å². The summed E-state index contributed by atoms with van der Waals surface area (Å²) in [5.74, 6) is 0.406. The molecule has 1 atom stereocenters. The predicted octanol–water partition coefficient (Wildman–Crippen LogP) is 2.05. The number of carbonyl (C=O) groups excluding carboxylic acids is 2. The van der Waals surface area contributed by atoms with Crippen molar-refractivity contribution in [1.29, 1.82) is 0 Å². The molecule has 0 saturated carbocycles. The van der Waals surface area contributed by atoms with Crippen molar-refractivity contribution in [2.45, 2.75) is 51.6 Å². The van der Waals surface area contributed by atoms with Crippen LogP contribution in [0.1, 0.15) is 45.6 Å². The van der Waals surface area contributed by atoms with Gasteiger partial charge >= 0.3 is 0 Å². The lowest BCUT2D eigenvalue weighted by atomic mass is 10.0. The van der Waals surface area contributed by atoms with Crippen LogP contribution >= 0.6 is 11.6 Å². The molecule has 2 N–H and O–H groups in total. The molecule has 2 aromatic rings. The topological polar surface area (TPSA) is 105 Å². The summed E-state index contributed by atoms with van der Waals surface area (Å²) in [7, 11) is 0. The number of hydrogen-bond acceptors (Lipinski definition) is 6. The van der Waals surface area contributed by atoms with E-state index in [4.69, 9.17) is 11.6 Å². The van der Waals surface area contributed by atoms with Crippen LogP contribution in [0.15, 0.2) is 24.3 Å². The number of likely N-dealkylation sites (tertiary alicyclic amines) is 1. The third kappa shape index (κ3) is 6.48. The van der Waals surface area contributed by atoms with Gasteiger partial charge in [0.1, 0.15) is 0 Å². The Morgan fingerprint density at radius 2 is 1.90 bits per heavy atom. The molecule has 10 heteroatoms. The molecule has 0 aliphatic carbocycles. The first-order chi connectivity index (χ1) is 15.0. The fraction of sp³-hybridized carbons (Fsp3) is 0.571. The van der Waals surface area contributed by atoms with E-state index in [9.17, 15) is 9.59 Å². The van der Waals surface area contributed by atoms with Crippen LogP contribution in [0.2, 0.25) is 5.02 Å². The first-order valence-corrected chi connectivity index (χ1v) is 11.2. The standard InChI is InChI=1S/C21H30ClN7O2/c1-3-11-23-19(30)14-28-12-9-17(10-13-28)24-21(31)18(4-2)29-26-20(25-27-29)15-5-7-16(22)8-6-15/h5-8,17-18H,3-4,9-14H2,1-2H3,(H,23,30)(H,24,31). The van der Waals surface area contributed by atoms with Crippen LogP contribution in [0.4, 0.5) is 0 Å². The van der Waals surface area contributed by atoms with Crippen molar-refractivity contribution in [3.8, 4) is 11.4 Å². The van der Waals surface area contributed by atoms with Gasteiger partial charge in [0.05, 0.1) is 6.54 Å². The minimum absolute atomic E-state index is 0.0594. The Balaban J connectivity index is 1.52. The fourth-order valence-corrected chi connectivity index (χ4v) is 3.71. The molecule has 0 spiro atoms. The van der Waals surface area contributed by atoms with Crippen LogP contribution in [0.3, 0.4) is 0 Å². The maximum Gasteiger partial charge on any atom is 0.247 e. The van der Waals surface area contributed by atoms with Crippen molar-refractivity contribution in [3.05, 3.63) is 29.3 Å². The van der Waals surface area contributed by atoms with Crippen LogP contribution in [0, 0.1) is 0 Å². The maximum atomic E-state index is 12.9. The van der Waals surface area contributed by atoms with Crippen molar-refractivity contribution in [3.63, 3.8) is 0 Å². The number of tetrazole rings is 1. The Kier molecular flexibility index (Phi) is 8.36. The van der Waals surface area contributed by atoms with Crippen molar-refractivity contribution < 1.29 is 9.59 Å². The van der Waals surface area contributed by atoms with E-state index >= 15 is 0 Å². The number of amides is 2. The van der Waals surface area contributed by atoms with E-state index in [0.717, 1.165) is 37.9 Å². The number of hydrogen-bond donors (Lipinski definition) is 2. The molecule has 2 heterocycles. The van der Waals surface area contributed by atoms with Gasteiger partial charge < -0.3 is 10.6 Å². The molecule has 1 saturated heterocycles. The maximum absolute atomic E-state index is 12.9. The third-order valence-electron chi connectivity index (χ3n) is 5.37. The van der Waals surface area contributed by atoms with Gasteiger partial charge in [-0.2, -0.15) is 4.80 Å². The Morgan fingerprint density at radius 3 is 2.55 bits per heavy atom. The molecular weight excluding hydrogens is 418 g/mol. The van der Waals surface area contributed by atoms with E-state index in [-0.39, 0.29) is 17.9 Å². The smallest absolute Gasteiger partial charge is 0.247 e. The molecular formula is C21H30ClN7O2. The highest BCUT2D eigenvalue weighted by Gasteiger charge is 2.27. The lowest BCUT2D eigenvalue weighted by molar-refractivity contribution is -0.127. The van der Waals surface area contributed by atoms with Crippen LogP contribution < -0.4 is 10.6 Å². The van der Waals surface area contributed by atoms with Crippen molar-refractivity contribution in [1.82, 2.24) is 35.7 Å². The number of rotatable bonds is 9. The van der Waals surface area contributed by atoms with E-state index < -0.39 is 6.04 Å². The zero-order chi connectivity index (χ0) is 22.2. The molecule has 3 rings (SSSR count). The molecule has 1 unspecified atom stereocenters. The minimum atomic E-state index is -0.522.